The van der Waals surface area contributed by atoms with Gasteiger partial charge in [-0.3, -0.25) is 9.59 Å². The van der Waals surface area contributed by atoms with Crippen LogP contribution in [0.4, 0.5) is 21.6 Å². The third kappa shape index (κ3) is 4.93. The molecule has 2 saturated carbocycles. The molecule has 0 saturated heterocycles. The molecule has 0 aliphatic heterocycles. The second-order valence-electron chi connectivity index (χ2n) is 8.68. The van der Waals surface area contributed by atoms with E-state index in [-0.39, 0.29) is 34.8 Å². The highest BCUT2D eigenvalue weighted by atomic mass is 19.1. The average molecular weight is 480 g/mol. The third-order valence-electron chi connectivity index (χ3n) is 5.88. The minimum absolute atomic E-state index is 0.00917. The predicted molar refractivity (Wildman–Crippen MR) is 127 cm³/mol. The number of hydrogen-bond acceptors (Lipinski definition) is 7. The van der Waals surface area contributed by atoms with Gasteiger partial charge in [0.2, 0.25) is 5.91 Å². The lowest BCUT2D eigenvalue weighted by molar-refractivity contribution is -0.117. The summed E-state index contributed by atoms with van der Waals surface area (Å²) in [5.74, 6) is -0.0559. The Kier molecular flexibility index (Phi) is 6.06. The van der Waals surface area contributed by atoms with Crippen LogP contribution in [-0.4, -0.2) is 45.2 Å². The molecule has 2 heterocycles. The lowest BCUT2D eigenvalue weighted by Crippen LogP contribution is -2.24. The molecule has 5 rings (SSSR count). The molecule has 182 valence electrons. The van der Waals surface area contributed by atoms with Crippen molar-refractivity contribution in [3.8, 4) is 17.1 Å². The van der Waals surface area contributed by atoms with Gasteiger partial charge in [-0.15, -0.1) is 0 Å². The predicted octanol–water partition coefficient (Wildman–Crippen LogP) is 3.66. The third-order valence-corrected chi connectivity index (χ3v) is 5.88. The van der Waals surface area contributed by atoms with Crippen molar-refractivity contribution in [1.82, 2.24) is 25.1 Å². The van der Waals surface area contributed by atoms with Gasteiger partial charge in [-0.25, -0.2) is 19.0 Å². The van der Waals surface area contributed by atoms with Crippen LogP contribution in [0.5, 0.6) is 5.75 Å². The minimum atomic E-state index is -0.526. The summed E-state index contributed by atoms with van der Waals surface area (Å²) in [5, 5.41) is 13.1. The van der Waals surface area contributed by atoms with E-state index in [1.807, 2.05) is 0 Å². The first-order valence-electron chi connectivity index (χ1n) is 11.6. The van der Waals surface area contributed by atoms with Gasteiger partial charge in [0.05, 0.1) is 35.7 Å². The van der Waals surface area contributed by atoms with Gasteiger partial charge < -0.3 is 20.7 Å². The van der Waals surface area contributed by atoms with E-state index < -0.39 is 5.82 Å². The van der Waals surface area contributed by atoms with Crippen molar-refractivity contribution in [3.63, 3.8) is 0 Å². The quantitative estimate of drug-likeness (QED) is 0.428. The van der Waals surface area contributed by atoms with Crippen molar-refractivity contribution in [2.75, 3.05) is 24.3 Å². The van der Waals surface area contributed by atoms with Crippen molar-refractivity contribution in [2.45, 2.75) is 38.6 Å². The van der Waals surface area contributed by atoms with Crippen LogP contribution in [0.25, 0.3) is 11.4 Å². The summed E-state index contributed by atoms with van der Waals surface area (Å²) in [6, 6.07) is 4.46. The van der Waals surface area contributed by atoms with Crippen molar-refractivity contribution < 1.29 is 18.7 Å². The van der Waals surface area contributed by atoms with E-state index in [0.717, 1.165) is 25.7 Å². The molecule has 2 amide bonds. The molecule has 0 radical (unpaired) electrons. The summed E-state index contributed by atoms with van der Waals surface area (Å²) < 4.78 is 22.1. The first kappa shape index (κ1) is 22.8. The number of ether oxygens (including phenoxy) is 1. The molecule has 2 aliphatic rings. The summed E-state index contributed by atoms with van der Waals surface area (Å²) in [6.07, 6.45) is 6.79. The molecular formula is C24H26FN7O3. The number of anilines is 3. The maximum absolute atomic E-state index is 14.7. The Bertz CT molecular complexity index is 1280. The number of halogens is 1. The van der Waals surface area contributed by atoms with Crippen LogP contribution >= 0.6 is 0 Å². The number of nitrogens with one attached hydrogen (secondary N) is 3. The SMILES string of the molecule is CCNC(=O)c1cnc(NC(=O)C2CC2)cc1Nc1cc(F)cc(-c2ncn(C3CC3)n2)c1OC. The number of amides is 2. The van der Waals surface area contributed by atoms with Crippen molar-refractivity contribution in [2.24, 2.45) is 5.92 Å². The van der Waals surface area contributed by atoms with Gasteiger partial charge in [-0.2, -0.15) is 5.10 Å². The van der Waals surface area contributed by atoms with Gasteiger partial charge in [0.25, 0.3) is 5.91 Å². The largest absolute Gasteiger partial charge is 0.494 e. The number of pyridine rings is 1. The smallest absolute Gasteiger partial charge is 0.254 e. The average Bonchev–Trinajstić information content (AvgIpc) is 3.77. The monoisotopic (exact) mass is 479 g/mol. The number of aromatic nitrogens is 4. The lowest BCUT2D eigenvalue weighted by Gasteiger charge is -2.17. The van der Waals surface area contributed by atoms with E-state index in [1.165, 1.54) is 25.4 Å². The zero-order valence-electron chi connectivity index (χ0n) is 19.5. The fraction of sp³-hybridized carbons (Fsp3) is 0.375. The second kappa shape index (κ2) is 9.32. The Morgan fingerprint density at radius 2 is 1.94 bits per heavy atom. The number of benzene rings is 1. The topological polar surface area (TPSA) is 123 Å². The lowest BCUT2D eigenvalue weighted by atomic mass is 10.1. The Balaban J connectivity index is 1.52. The molecular weight excluding hydrogens is 453 g/mol. The van der Waals surface area contributed by atoms with Gasteiger partial charge in [0.15, 0.2) is 11.6 Å². The number of carbonyl (C=O) groups excluding carboxylic acids is 2. The van der Waals surface area contributed by atoms with E-state index in [4.69, 9.17) is 4.74 Å². The van der Waals surface area contributed by atoms with Crippen molar-refractivity contribution in [1.29, 1.82) is 0 Å². The molecule has 2 aliphatic carbocycles. The summed E-state index contributed by atoms with van der Waals surface area (Å²) in [4.78, 5) is 33.5. The molecule has 0 atom stereocenters. The van der Waals surface area contributed by atoms with Gasteiger partial charge in [0, 0.05) is 30.8 Å². The first-order valence-corrected chi connectivity index (χ1v) is 11.6. The molecule has 3 N–H and O–H groups in total. The summed E-state index contributed by atoms with van der Waals surface area (Å²) in [6.45, 7) is 2.22. The minimum Gasteiger partial charge on any atom is -0.494 e. The van der Waals surface area contributed by atoms with Gasteiger partial charge >= 0.3 is 0 Å². The fourth-order valence-electron chi connectivity index (χ4n) is 3.77. The highest BCUT2D eigenvalue weighted by molar-refractivity contribution is 6.01. The molecule has 10 nitrogen and oxygen atoms in total. The van der Waals surface area contributed by atoms with Crippen LogP contribution in [0.1, 0.15) is 49.0 Å². The summed E-state index contributed by atoms with van der Waals surface area (Å²) >= 11 is 0. The highest BCUT2D eigenvalue weighted by Gasteiger charge is 2.30. The number of rotatable bonds is 9. The normalized spacial score (nSPS) is 14.9. The molecule has 1 aromatic carbocycles. The van der Waals surface area contributed by atoms with Crippen LogP contribution < -0.4 is 20.7 Å². The number of hydrogen-bond donors (Lipinski definition) is 3. The molecule has 0 bridgehead atoms. The van der Waals surface area contributed by atoms with E-state index >= 15 is 0 Å². The van der Waals surface area contributed by atoms with Crippen LogP contribution in [-0.2, 0) is 4.79 Å². The number of carbonyl (C=O) groups is 2. The molecule has 0 unspecified atom stereocenters. The van der Waals surface area contributed by atoms with Crippen LogP contribution in [0, 0.1) is 11.7 Å². The summed E-state index contributed by atoms with van der Waals surface area (Å²) in [5.41, 5.74) is 1.23. The van der Waals surface area contributed by atoms with E-state index in [9.17, 15) is 14.0 Å². The van der Waals surface area contributed by atoms with E-state index in [2.05, 4.69) is 31.0 Å². The zero-order valence-corrected chi connectivity index (χ0v) is 19.5. The van der Waals surface area contributed by atoms with Crippen LogP contribution in [0.2, 0.25) is 0 Å². The van der Waals surface area contributed by atoms with E-state index in [0.29, 0.717) is 35.4 Å². The highest BCUT2D eigenvalue weighted by Crippen LogP contribution is 2.40. The molecule has 11 heteroatoms. The Hall–Kier alpha value is -4.02. The fourth-order valence-corrected chi connectivity index (χ4v) is 3.77. The molecule has 2 fully saturated rings. The molecule has 35 heavy (non-hydrogen) atoms. The number of nitrogens with zero attached hydrogens (tertiary/aromatic N) is 4. The molecule has 2 aromatic heterocycles. The van der Waals surface area contributed by atoms with Gasteiger partial charge in [-0.05, 0) is 38.7 Å². The maximum atomic E-state index is 14.7. The molecule has 3 aromatic rings. The van der Waals surface area contributed by atoms with Crippen molar-refractivity contribution in [3.05, 3.63) is 42.1 Å². The second-order valence-corrected chi connectivity index (χ2v) is 8.68. The zero-order chi connectivity index (χ0) is 24.5. The Morgan fingerprint density at radius 1 is 1.14 bits per heavy atom. The number of methoxy groups -OCH3 is 1. The standard InChI is InChI=1S/C24H26FN7O3/c1-3-26-24(34)17-11-27-20(30-23(33)13-4-5-13)10-18(17)29-19-9-14(25)8-16(21(19)35-2)22-28-12-32(31-22)15-6-7-15/h8-13,15H,3-7H2,1-2H3,(H,26,34)(H2,27,29,30,33). The Morgan fingerprint density at radius 3 is 2.63 bits per heavy atom. The van der Waals surface area contributed by atoms with Crippen LogP contribution in [0.3, 0.4) is 0 Å². The van der Waals surface area contributed by atoms with Gasteiger partial charge in [0.1, 0.15) is 18.0 Å². The van der Waals surface area contributed by atoms with E-state index in [1.54, 1.807) is 24.0 Å². The summed E-state index contributed by atoms with van der Waals surface area (Å²) in [7, 11) is 1.47. The van der Waals surface area contributed by atoms with Crippen molar-refractivity contribution >= 4 is 29.0 Å². The first-order chi connectivity index (χ1) is 17.0. The molecule has 0 spiro atoms. The van der Waals surface area contributed by atoms with Crippen LogP contribution in [0.15, 0.2) is 30.7 Å². The van der Waals surface area contributed by atoms with Gasteiger partial charge in [-0.1, -0.05) is 0 Å². The Labute approximate surface area is 201 Å². The maximum Gasteiger partial charge on any atom is 0.254 e.